The minimum absolute atomic E-state index is 0.0187. The second-order valence-electron chi connectivity index (χ2n) is 8.32. The van der Waals surface area contributed by atoms with Gasteiger partial charge in [0.15, 0.2) is 0 Å². The molecule has 1 aliphatic heterocycles. The zero-order chi connectivity index (χ0) is 20.3. The zero-order valence-corrected chi connectivity index (χ0v) is 17.0. The van der Waals surface area contributed by atoms with Crippen molar-refractivity contribution in [3.8, 4) is 11.4 Å². The molecule has 2 aliphatic rings. The van der Waals surface area contributed by atoms with Crippen molar-refractivity contribution >= 4 is 5.91 Å². The van der Waals surface area contributed by atoms with Gasteiger partial charge < -0.3 is 9.84 Å². The van der Waals surface area contributed by atoms with Gasteiger partial charge in [0.05, 0.1) is 0 Å². The van der Waals surface area contributed by atoms with Crippen molar-refractivity contribution in [1.29, 1.82) is 0 Å². The lowest BCUT2D eigenvalue weighted by atomic mass is 10.0. The lowest BCUT2D eigenvalue weighted by molar-refractivity contribution is 0.0909. The number of carbonyl (C=O) groups excluding carboxylic acids is 1. The number of rotatable bonds is 6. The van der Waals surface area contributed by atoms with Crippen LogP contribution < -0.4 is 5.32 Å². The molecule has 0 spiro atoms. The molecular formula is C24H26N4O2. The minimum Gasteiger partial charge on any atom is -0.349 e. The fourth-order valence-corrected chi connectivity index (χ4v) is 3.96. The first-order valence-corrected chi connectivity index (χ1v) is 10.8. The van der Waals surface area contributed by atoms with E-state index in [2.05, 4.69) is 44.6 Å². The number of carbonyl (C=O) groups is 1. The SMILES string of the molecule is O=C(NC1CCN(Cc2ccccc2)CC1)c1ccc(-c2noc(C3CC3)n2)cc1. The molecule has 3 aromatic rings. The van der Waals surface area contributed by atoms with Gasteiger partial charge in [0.25, 0.3) is 5.91 Å². The summed E-state index contributed by atoms with van der Waals surface area (Å²) in [7, 11) is 0. The zero-order valence-electron chi connectivity index (χ0n) is 17.0. The van der Waals surface area contributed by atoms with Crippen LogP contribution in [0.5, 0.6) is 0 Å². The number of aromatic nitrogens is 2. The average molecular weight is 402 g/mol. The van der Waals surface area contributed by atoms with Crippen LogP contribution in [-0.2, 0) is 6.54 Å². The largest absolute Gasteiger partial charge is 0.349 e. The Morgan fingerprint density at radius 1 is 1.00 bits per heavy atom. The van der Waals surface area contributed by atoms with E-state index in [0.717, 1.165) is 56.8 Å². The van der Waals surface area contributed by atoms with E-state index in [1.165, 1.54) is 5.56 Å². The summed E-state index contributed by atoms with van der Waals surface area (Å²) >= 11 is 0. The Bertz CT molecular complexity index is 988. The van der Waals surface area contributed by atoms with Crippen molar-refractivity contribution in [3.63, 3.8) is 0 Å². The fourth-order valence-electron chi connectivity index (χ4n) is 3.96. The first kappa shape index (κ1) is 19.0. The van der Waals surface area contributed by atoms with E-state index in [1.807, 2.05) is 30.3 Å². The first-order valence-electron chi connectivity index (χ1n) is 10.8. The summed E-state index contributed by atoms with van der Waals surface area (Å²) in [6, 6.07) is 18.2. The van der Waals surface area contributed by atoms with Crippen LogP contribution >= 0.6 is 0 Å². The lowest BCUT2D eigenvalue weighted by Gasteiger charge is -2.32. The maximum absolute atomic E-state index is 12.7. The van der Waals surface area contributed by atoms with Crippen LogP contribution in [0.2, 0.25) is 0 Å². The summed E-state index contributed by atoms with van der Waals surface area (Å²) in [6.07, 6.45) is 4.21. The van der Waals surface area contributed by atoms with Crippen LogP contribution in [0.3, 0.4) is 0 Å². The standard InChI is InChI=1S/C24H26N4O2/c29-23(25-21-12-14-28(15-13-21)16-17-4-2-1-3-5-17)19-8-6-18(7-9-19)22-26-24(30-27-22)20-10-11-20/h1-9,20-21H,10-16H2,(H,25,29). The highest BCUT2D eigenvalue weighted by atomic mass is 16.5. The molecule has 2 heterocycles. The summed E-state index contributed by atoms with van der Waals surface area (Å²) < 4.78 is 5.32. The Hall–Kier alpha value is -2.99. The molecule has 1 aromatic heterocycles. The molecule has 0 unspecified atom stereocenters. The number of benzene rings is 2. The molecule has 1 saturated carbocycles. The second-order valence-corrected chi connectivity index (χ2v) is 8.32. The Morgan fingerprint density at radius 3 is 2.43 bits per heavy atom. The van der Waals surface area contributed by atoms with Gasteiger partial charge in [0.1, 0.15) is 0 Å². The molecule has 30 heavy (non-hydrogen) atoms. The molecular weight excluding hydrogens is 376 g/mol. The topological polar surface area (TPSA) is 71.3 Å². The van der Waals surface area contributed by atoms with Crippen molar-refractivity contribution in [2.75, 3.05) is 13.1 Å². The van der Waals surface area contributed by atoms with Crippen molar-refractivity contribution in [3.05, 3.63) is 71.6 Å². The predicted molar refractivity (Wildman–Crippen MR) is 114 cm³/mol. The van der Waals surface area contributed by atoms with Gasteiger partial charge in [-0.05, 0) is 43.4 Å². The number of nitrogens with zero attached hydrogens (tertiary/aromatic N) is 3. The highest BCUT2D eigenvalue weighted by Gasteiger charge is 2.29. The van der Waals surface area contributed by atoms with Crippen molar-refractivity contribution in [2.45, 2.75) is 44.2 Å². The first-order chi connectivity index (χ1) is 14.7. The molecule has 0 bridgehead atoms. The highest BCUT2D eigenvalue weighted by molar-refractivity contribution is 5.94. The van der Waals surface area contributed by atoms with Crippen molar-refractivity contribution in [2.24, 2.45) is 0 Å². The lowest BCUT2D eigenvalue weighted by Crippen LogP contribution is -2.44. The van der Waals surface area contributed by atoms with Gasteiger partial charge in [-0.3, -0.25) is 9.69 Å². The molecule has 0 atom stereocenters. The van der Waals surface area contributed by atoms with Crippen LogP contribution in [0, 0.1) is 0 Å². The molecule has 5 rings (SSSR count). The third-order valence-corrected chi connectivity index (χ3v) is 5.95. The summed E-state index contributed by atoms with van der Waals surface area (Å²) in [5.41, 5.74) is 2.87. The van der Waals surface area contributed by atoms with E-state index in [-0.39, 0.29) is 11.9 Å². The third kappa shape index (κ3) is 4.44. The van der Waals surface area contributed by atoms with Gasteiger partial charge in [-0.2, -0.15) is 4.98 Å². The van der Waals surface area contributed by atoms with Crippen LogP contribution in [0.25, 0.3) is 11.4 Å². The fraction of sp³-hybridized carbons (Fsp3) is 0.375. The van der Waals surface area contributed by atoms with Gasteiger partial charge in [-0.15, -0.1) is 0 Å². The molecule has 0 radical (unpaired) electrons. The maximum Gasteiger partial charge on any atom is 0.251 e. The molecule has 154 valence electrons. The van der Waals surface area contributed by atoms with Gasteiger partial charge >= 0.3 is 0 Å². The van der Waals surface area contributed by atoms with Gasteiger partial charge in [0, 0.05) is 42.7 Å². The summed E-state index contributed by atoms with van der Waals surface area (Å²) in [5, 5.41) is 7.25. The molecule has 1 aliphatic carbocycles. The Kier molecular flexibility index (Phi) is 5.32. The monoisotopic (exact) mass is 402 g/mol. The number of hydrogen-bond donors (Lipinski definition) is 1. The molecule has 1 amide bonds. The smallest absolute Gasteiger partial charge is 0.251 e. The van der Waals surface area contributed by atoms with Crippen LogP contribution in [0.4, 0.5) is 0 Å². The van der Waals surface area contributed by atoms with E-state index in [4.69, 9.17) is 4.52 Å². The van der Waals surface area contributed by atoms with Crippen LogP contribution in [-0.4, -0.2) is 40.1 Å². The normalized spacial score (nSPS) is 17.7. The average Bonchev–Trinajstić information content (AvgIpc) is 3.52. The van der Waals surface area contributed by atoms with Gasteiger partial charge in [-0.1, -0.05) is 47.6 Å². The Balaban J connectivity index is 1.13. The molecule has 6 nitrogen and oxygen atoms in total. The van der Waals surface area contributed by atoms with E-state index in [0.29, 0.717) is 17.3 Å². The second kappa shape index (κ2) is 8.40. The van der Waals surface area contributed by atoms with E-state index in [9.17, 15) is 4.79 Å². The number of likely N-dealkylation sites (tertiary alicyclic amines) is 1. The molecule has 6 heteroatoms. The number of nitrogens with one attached hydrogen (secondary N) is 1. The molecule has 2 aromatic carbocycles. The highest BCUT2D eigenvalue weighted by Crippen LogP contribution is 2.39. The molecule has 1 N–H and O–H groups in total. The van der Waals surface area contributed by atoms with Crippen LogP contribution in [0.1, 0.15) is 53.4 Å². The number of amides is 1. The Labute approximate surface area is 176 Å². The van der Waals surface area contributed by atoms with E-state index >= 15 is 0 Å². The molecule has 2 fully saturated rings. The molecule has 1 saturated heterocycles. The number of hydrogen-bond acceptors (Lipinski definition) is 5. The van der Waals surface area contributed by atoms with Crippen molar-refractivity contribution in [1.82, 2.24) is 20.4 Å². The van der Waals surface area contributed by atoms with Gasteiger partial charge in [0.2, 0.25) is 11.7 Å². The predicted octanol–water partition coefficient (Wildman–Crippen LogP) is 4.01. The maximum atomic E-state index is 12.7. The minimum atomic E-state index is -0.0187. The summed E-state index contributed by atoms with van der Waals surface area (Å²) in [5.74, 6) is 1.74. The van der Waals surface area contributed by atoms with Crippen molar-refractivity contribution < 1.29 is 9.32 Å². The quantitative estimate of drug-likeness (QED) is 0.675. The summed E-state index contributed by atoms with van der Waals surface area (Å²) in [6.45, 7) is 2.97. The Morgan fingerprint density at radius 2 is 1.73 bits per heavy atom. The van der Waals surface area contributed by atoms with E-state index in [1.54, 1.807) is 0 Å². The summed E-state index contributed by atoms with van der Waals surface area (Å²) in [4.78, 5) is 19.6. The van der Waals surface area contributed by atoms with Gasteiger partial charge in [-0.25, -0.2) is 0 Å². The number of piperidine rings is 1. The van der Waals surface area contributed by atoms with E-state index < -0.39 is 0 Å². The van der Waals surface area contributed by atoms with Crippen LogP contribution in [0.15, 0.2) is 59.1 Å². The third-order valence-electron chi connectivity index (χ3n) is 5.95.